The Balaban J connectivity index is 0.000000541. The number of rotatable bonds is 4. The van der Waals surface area contributed by atoms with E-state index in [9.17, 15) is 31.4 Å². The average Bonchev–Trinajstić information content (AvgIpc) is 3.39. The molecule has 2 aromatic carbocycles. The number of carboxylic acids is 1. The fourth-order valence-corrected chi connectivity index (χ4v) is 4.91. The Morgan fingerprint density at radius 2 is 1.53 bits per heavy atom. The van der Waals surface area contributed by atoms with Crippen molar-refractivity contribution < 1.29 is 41.4 Å². The normalized spacial score (nSPS) is 13.3. The van der Waals surface area contributed by atoms with Crippen LogP contribution >= 0.6 is 23.2 Å². The van der Waals surface area contributed by atoms with E-state index >= 15 is 0 Å². The van der Waals surface area contributed by atoms with E-state index in [0.717, 1.165) is 17.8 Å². The van der Waals surface area contributed by atoms with Gasteiger partial charge in [-0.05, 0) is 29.3 Å². The Hall–Kier alpha value is -4.20. The second kappa shape index (κ2) is 11.8. The molecule has 0 aliphatic rings. The van der Waals surface area contributed by atoms with Gasteiger partial charge in [-0.3, -0.25) is 4.98 Å². The Bertz CT molecular complexity index is 1780. The molecule has 3 aromatic heterocycles. The van der Waals surface area contributed by atoms with E-state index in [1.807, 2.05) is 30.3 Å². The van der Waals surface area contributed by atoms with Crippen LogP contribution < -0.4 is 0 Å². The molecule has 0 bridgehead atoms. The largest absolute Gasteiger partial charge is 0.490 e. The Labute approximate surface area is 249 Å². The third-order valence-corrected chi connectivity index (χ3v) is 6.93. The molecule has 0 saturated carbocycles. The fourth-order valence-electron chi connectivity index (χ4n) is 4.22. The molecule has 0 spiro atoms. The highest BCUT2D eigenvalue weighted by Crippen LogP contribution is 2.42. The summed E-state index contributed by atoms with van der Waals surface area (Å²) in [6.45, 7) is 0. The summed E-state index contributed by atoms with van der Waals surface area (Å²) < 4.78 is 72.7. The number of imidazole rings is 1. The van der Waals surface area contributed by atoms with Crippen molar-refractivity contribution in [3.05, 3.63) is 112 Å². The molecule has 0 fully saturated rings. The summed E-state index contributed by atoms with van der Waals surface area (Å²) in [5.41, 5.74) is -0.385. The molecule has 224 valence electrons. The van der Waals surface area contributed by atoms with Gasteiger partial charge in [-0.2, -0.15) is 26.3 Å². The van der Waals surface area contributed by atoms with Gasteiger partial charge in [0.2, 0.25) is 0 Å². The molecule has 43 heavy (non-hydrogen) atoms. The molecule has 3 heterocycles. The van der Waals surface area contributed by atoms with Crippen LogP contribution in [-0.4, -0.2) is 41.9 Å². The first-order valence-corrected chi connectivity index (χ1v) is 12.7. The van der Waals surface area contributed by atoms with E-state index < -0.39 is 29.6 Å². The number of hydrogen-bond acceptors (Lipinski definition) is 5. The van der Waals surface area contributed by atoms with Crippen molar-refractivity contribution in [1.82, 2.24) is 19.5 Å². The van der Waals surface area contributed by atoms with Crippen molar-refractivity contribution in [2.75, 3.05) is 0 Å². The van der Waals surface area contributed by atoms with Gasteiger partial charge in [0.05, 0.1) is 28.8 Å². The lowest BCUT2D eigenvalue weighted by Crippen LogP contribution is -2.31. The van der Waals surface area contributed by atoms with E-state index in [2.05, 4.69) is 15.0 Å². The first-order valence-electron chi connectivity index (χ1n) is 11.9. The van der Waals surface area contributed by atoms with E-state index in [1.165, 1.54) is 18.6 Å². The number of aliphatic hydroxyl groups is 1. The molecule has 0 radical (unpaired) electrons. The van der Waals surface area contributed by atoms with Crippen molar-refractivity contribution in [1.29, 1.82) is 0 Å². The third-order valence-electron chi connectivity index (χ3n) is 6.26. The summed E-state index contributed by atoms with van der Waals surface area (Å²) in [5, 5.41) is 20.3. The average molecular weight is 643 g/mol. The second-order valence-corrected chi connectivity index (χ2v) is 9.76. The summed E-state index contributed by atoms with van der Waals surface area (Å²) in [6.07, 6.45) is -5.75. The maximum Gasteiger partial charge on any atom is 0.490 e. The number of nitrogens with zero attached hydrogens (tertiary/aromatic N) is 4. The number of benzene rings is 2. The fraction of sp³-hybridized carbons (Fsp3) is 0.143. The molecular formula is C28H18Cl2F6N4O3. The Morgan fingerprint density at radius 3 is 2.05 bits per heavy atom. The quantitative estimate of drug-likeness (QED) is 0.158. The van der Waals surface area contributed by atoms with Crippen LogP contribution in [0.5, 0.6) is 0 Å². The van der Waals surface area contributed by atoms with Gasteiger partial charge in [-0.15, -0.1) is 0 Å². The lowest BCUT2D eigenvalue weighted by Gasteiger charge is -2.30. The van der Waals surface area contributed by atoms with Gasteiger partial charge >= 0.3 is 18.3 Å². The maximum absolute atomic E-state index is 13.1. The number of carbonyl (C=O) groups is 1. The highest BCUT2D eigenvalue weighted by molar-refractivity contribution is 6.42. The summed E-state index contributed by atoms with van der Waals surface area (Å²) in [5.74, 6) is -2.76. The monoisotopic (exact) mass is 642 g/mol. The molecule has 5 rings (SSSR count). The third kappa shape index (κ3) is 6.43. The molecular weight excluding hydrogens is 625 g/mol. The summed E-state index contributed by atoms with van der Waals surface area (Å²) in [6, 6.07) is 16.2. The van der Waals surface area contributed by atoms with Gasteiger partial charge in [0, 0.05) is 29.8 Å². The van der Waals surface area contributed by atoms with Crippen LogP contribution in [0.4, 0.5) is 26.3 Å². The smallest absolute Gasteiger partial charge is 0.475 e. The van der Waals surface area contributed by atoms with Gasteiger partial charge in [0.1, 0.15) is 10.8 Å². The number of carboxylic acid groups (broad SMARTS) is 1. The molecule has 0 aliphatic heterocycles. The zero-order valence-electron chi connectivity index (χ0n) is 21.6. The van der Waals surface area contributed by atoms with E-state index in [1.54, 1.807) is 29.8 Å². The van der Waals surface area contributed by atoms with Crippen molar-refractivity contribution in [3.63, 3.8) is 0 Å². The molecule has 1 unspecified atom stereocenters. The molecule has 5 aromatic rings. The minimum absolute atomic E-state index is 0.125. The lowest BCUT2D eigenvalue weighted by molar-refractivity contribution is -0.192. The van der Waals surface area contributed by atoms with Crippen molar-refractivity contribution in [2.24, 2.45) is 7.05 Å². The number of aromatic nitrogens is 4. The second-order valence-electron chi connectivity index (χ2n) is 9.02. The highest BCUT2D eigenvalue weighted by Gasteiger charge is 2.39. The predicted octanol–water partition coefficient (Wildman–Crippen LogP) is 7.27. The standard InChI is InChI=1S/C26H17Cl2F3N4O.C2HF3O2/c1-35-14-32-13-21(35)25(36,17-8-10-20(33-12-17)26(29,30)31)16-7-9-19-18(11-16)23(27)22(24(28)34-19)15-5-3-2-4-6-15;3-2(4,5)1(6)7/h2-14,36H,1H3;(H,6,7). The first-order chi connectivity index (χ1) is 20.0. The van der Waals surface area contributed by atoms with Crippen LogP contribution in [0, 0.1) is 0 Å². The summed E-state index contributed by atoms with van der Waals surface area (Å²) in [4.78, 5) is 21.0. The van der Waals surface area contributed by atoms with E-state index in [-0.39, 0.29) is 10.7 Å². The van der Waals surface area contributed by atoms with E-state index in [0.29, 0.717) is 32.7 Å². The van der Waals surface area contributed by atoms with Crippen LogP contribution in [0.3, 0.4) is 0 Å². The molecule has 0 amide bonds. The van der Waals surface area contributed by atoms with Gasteiger partial charge < -0.3 is 14.8 Å². The Kier molecular flexibility index (Phi) is 8.72. The van der Waals surface area contributed by atoms with Crippen molar-refractivity contribution in [2.45, 2.75) is 18.0 Å². The molecule has 7 nitrogen and oxygen atoms in total. The maximum atomic E-state index is 13.1. The van der Waals surface area contributed by atoms with Crippen LogP contribution in [0.15, 0.2) is 79.4 Å². The molecule has 0 saturated heterocycles. The number of pyridine rings is 2. The number of aliphatic carboxylic acids is 1. The SMILES string of the molecule is Cn1cncc1C(O)(c1ccc(C(F)(F)F)nc1)c1ccc2nc(Cl)c(-c3ccccc3)c(Cl)c2c1.O=C(O)C(F)(F)F. The summed E-state index contributed by atoms with van der Waals surface area (Å²) in [7, 11) is 1.67. The van der Waals surface area contributed by atoms with Gasteiger partial charge in [0.15, 0.2) is 5.60 Å². The zero-order chi connectivity index (χ0) is 31.7. The predicted molar refractivity (Wildman–Crippen MR) is 145 cm³/mol. The molecule has 0 aliphatic carbocycles. The number of halogens is 8. The number of hydrogen-bond donors (Lipinski definition) is 2. The van der Waals surface area contributed by atoms with Crippen LogP contribution in [-0.2, 0) is 23.6 Å². The topological polar surface area (TPSA) is 101 Å². The minimum atomic E-state index is -5.08. The van der Waals surface area contributed by atoms with Gasteiger partial charge in [-0.1, -0.05) is 65.7 Å². The number of aryl methyl sites for hydroxylation is 1. The Morgan fingerprint density at radius 1 is 0.907 bits per heavy atom. The minimum Gasteiger partial charge on any atom is -0.475 e. The number of alkyl halides is 6. The molecule has 15 heteroatoms. The van der Waals surface area contributed by atoms with Crippen LogP contribution in [0.25, 0.3) is 22.0 Å². The highest BCUT2D eigenvalue weighted by atomic mass is 35.5. The first kappa shape index (κ1) is 31.7. The van der Waals surface area contributed by atoms with Crippen molar-refractivity contribution in [3.8, 4) is 11.1 Å². The number of fused-ring (bicyclic) bond motifs is 1. The molecule has 1 atom stereocenters. The van der Waals surface area contributed by atoms with Crippen LogP contribution in [0.2, 0.25) is 10.2 Å². The van der Waals surface area contributed by atoms with E-state index in [4.69, 9.17) is 33.1 Å². The van der Waals surface area contributed by atoms with Gasteiger partial charge in [-0.25, -0.2) is 14.8 Å². The van der Waals surface area contributed by atoms with Crippen LogP contribution in [0.1, 0.15) is 22.5 Å². The zero-order valence-corrected chi connectivity index (χ0v) is 23.1. The van der Waals surface area contributed by atoms with Crippen molar-refractivity contribution >= 4 is 40.1 Å². The summed E-state index contributed by atoms with van der Waals surface area (Å²) >= 11 is 13.3. The lowest BCUT2D eigenvalue weighted by atomic mass is 9.83. The van der Waals surface area contributed by atoms with Gasteiger partial charge in [0.25, 0.3) is 0 Å². The molecule has 2 N–H and O–H groups in total.